The van der Waals surface area contributed by atoms with Crippen LogP contribution in [0.1, 0.15) is 35.3 Å². The van der Waals surface area contributed by atoms with Gasteiger partial charge in [-0.05, 0) is 12.1 Å². The van der Waals surface area contributed by atoms with Crippen LogP contribution < -0.4 is 0 Å². The number of hydrogen-bond donors (Lipinski definition) is 0. The fraction of sp³-hybridized carbons (Fsp3) is 0.462. The molecule has 0 amide bonds. The molecule has 0 fully saturated rings. The van der Waals surface area contributed by atoms with Gasteiger partial charge in [0.25, 0.3) is 0 Å². The molecule has 22 heavy (non-hydrogen) atoms. The number of carbonyl (C=O) groups is 1. The zero-order valence-electron chi connectivity index (χ0n) is 12.3. The Morgan fingerprint density at radius 2 is 1.41 bits per heavy atom. The van der Waals surface area contributed by atoms with Crippen molar-refractivity contribution < 1.29 is 31.1 Å². The first-order valence-electron chi connectivity index (χ1n) is 6.39. The second-order valence-corrected chi connectivity index (χ2v) is 5.41. The Hall–Kier alpha value is -0.503. The number of rotatable bonds is 2. The summed E-state index contributed by atoms with van der Waals surface area (Å²) in [6.45, 7) is 4.44. The van der Waals surface area contributed by atoms with E-state index in [1.807, 2.05) is 0 Å². The molecular weight excluding hydrogens is 324 g/mol. The predicted molar refractivity (Wildman–Crippen MR) is 75.9 cm³/mol. The first-order chi connectivity index (χ1) is 9.82. The molecule has 0 aromatic heterocycles. The van der Waals surface area contributed by atoms with Gasteiger partial charge in [-0.25, -0.2) is 0 Å². The van der Waals surface area contributed by atoms with Crippen LogP contribution in [0.4, 0.5) is 26.3 Å². The van der Waals surface area contributed by atoms with Gasteiger partial charge in [-0.15, -0.1) is 0 Å². The Labute approximate surface area is 136 Å². The molecule has 9 heteroatoms. The molecule has 1 nitrogen and oxygen atoms in total. The zero-order chi connectivity index (χ0) is 17.7. The average molecular weight is 338 g/mol. The minimum atomic E-state index is -5.01. The summed E-state index contributed by atoms with van der Waals surface area (Å²) in [5.41, 5.74) is -5.91. The van der Waals surface area contributed by atoms with Crippen LogP contribution in [0.2, 0.25) is 5.09 Å². The van der Waals surface area contributed by atoms with Gasteiger partial charge in [0.2, 0.25) is 0 Å². The van der Waals surface area contributed by atoms with Crippen molar-refractivity contribution in [3.8, 4) is 0 Å². The quantitative estimate of drug-likeness (QED) is 0.423. The van der Waals surface area contributed by atoms with E-state index in [0.29, 0.717) is 18.2 Å². The third-order valence-electron chi connectivity index (χ3n) is 2.74. The van der Waals surface area contributed by atoms with Gasteiger partial charge >= 0.3 is 54.9 Å². The molecule has 1 unspecified atom stereocenters. The number of halogens is 6. The number of benzene rings is 1. The van der Waals surface area contributed by atoms with Crippen LogP contribution >= 0.6 is 9.24 Å². The molecule has 1 aromatic rings. The summed E-state index contributed by atoms with van der Waals surface area (Å²) in [5.74, 6) is 0.884. The monoisotopic (exact) mass is 338 g/mol. The van der Waals surface area contributed by atoms with Crippen LogP contribution in [0.5, 0.6) is 0 Å². The number of alkyl halides is 6. The van der Waals surface area contributed by atoms with Gasteiger partial charge in [0.05, 0.1) is 11.1 Å². The Morgan fingerprint density at radius 3 is 1.59 bits per heavy atom. The Kier molecular flexibility index (Phi) is 8.19. The first-order valence-corrected chi connectivity index (χ1v) is 6.97. The fourth-order valence-corrected chi connectivity index (χ4v) is 1.60. The van der Waals surface area contributed by atoms with Crippen molar-refractivity contribution in [3.05, 3.63) is 34.9 Å². The van der Waals surface area contributed by atoms with Gasteiger partial charge < -0.3 is 0 Å². The first kappa shape index (κ1) is 21.5. The molecule has 120 valence electrons. The van der Waals surface area contributed by atoms with E-state index in [9.17, 15) is 31.1 Å². The normalized spacial score (nSPS) is 12.0. The third-order valence-corrected chi connectivity index (χ3v) is 3.03. The third kappa shape index (κ3) is 6.72. The number of carbonyl (C=O) groups excluding carboxylic acids is 1. The topological polar surface area (TPSA) is 17.1 Å². The van der Waals surface area contributed by atoms with Crippen molar-refractivity contribution in [1.82, 2.24) is 0 Å². The van der Waals surface area contributed by atoms with E-state index >= 15 is 0 Å². The van der Waals surface area contributed by atoms with E-state index in [1.54, 1.807) is 0 Å². The molecule has 0 spiro atoms. The number of hydrogen-bond acceptors (Lipinski definition) is 1. The van der Waals surface area contributed by atoms with Crippen LogP contribution in [0.15, 0.2) is 18.2 Å². The second-order valence-electron chi connectivity index (χ2n) is 4.89. The molecule has 0 aliphatic heterocycles. The van der Waals surface area contributed by atoms with Crippen LogP contribution in [-0.4, -0.2) is 23.2 Å². The van der Waals surface area contributed by atoms with Gasteiger partial charge in [-0.3, -0.25) is 4.79 Å². The maximum atomic E-state index is 12.4. The van der Waals surface area contributed by atoms with Crippen LogP contribution in [-0.2, 0) is 12.4 Å². The maximum absolute atomic E-state index is 12.4. The molecule has 0 heterocycles. The van der Waals surface area contributed by atoms with Crippen LogP contribution in [0.25, 0.3) is 0 Å². The van der Waals surface area contributed by atoms with Gasteiger partial charge in [-0.2, -0.15) is 26.3 Å². The Morgan fingerprint density at radius 1 is 1.09 bits per heavy atom. The molecule has 0 saturated carbocycles. The molecule has 0 N–H and O–H groups in total. The van der Waals surface area contributed by atoms with Crippen molar-refractivity contribution in [3.63, 3.8) is 0 Å². The standard InChI is InChI=1S/C9H5F6OP.C4H9.Li/c10-8(11,12)4-2-1-3-5(9(13,14)15)6(4)7(16)17;1-4(2)3;/h1-3H,17H2;4H,1H2,2-3H3;. The summed E-state index contributed by atoms with van der Waals surface area (Å²) in [6.07, 6.45) is -10.0. The van der Waals surface area contributed by atoms with E-state index in [4.69, 9.17) is 0 Å². The van der Waals surface area contributed by atoms with E-state index < -0.39 is 34.6 Å². The fourth-order valence-electron chi connectivity index (χ4n) is 1.29. The molecule has 0 aliphatic carbocycles. The molecular formula is C13H14F6LiOP. The Bertz CT molecular complexity index is 478. The molecule has 1 aromatic carbocycles. The van der Waals surface area contributed by atoms with Crippen molar-refractivity contribution in [2.75, 3.05) is 0 Å². The summed E-state index contributed by atoms with van der Waals surface area (Å²) >= 11 is 2.20. The van der Waals surface area contributed by atoms with Crippen molar-refractivity contribution >= 4 is 32.5 Å². The average Bonchev–Trinajstić information content (AvgIpc) is 2.36. The summed E-state index contributed by atoms with van der Waals surface area (Å²) < 4.78 is 74.7. The summed E-state index contributed by atoms with van der Waals surface area (Å²) in [4.78, 5) is 10.9. The van der Waals surface area contributed by atoms with Crippen LogP contribution in [0.3, 0.4) is 0 Å². The molecule has 1 rings (SSSR count). The molecule has 0 saturated heterocycles. The SMILES string of the molecule is O=C(P)c1c(C(F)(F)F)cccc1C(F)(F)F.[Li][CH2]C(C)C. The van der Waals surface area contributed by atoms with E-state index in [-0.39, 0.29) is 0 Å². The molecule has 0 bridgehead atoms. The van der Waals surface area contributed by atoms with Crippen molar-refractivity contribution in [2.45, 2.75) is 31.3 Å². The minimum absolute atomic E-state index is 0.437. The van der Waals surface area contributed by atoms with E-state index in [2.05, 4.69) is 31.6 Å². The van der Waals surface area contributed by atoms with Gasteiger partial charge in [0.15, 0.2) is 5.52 Å². The van der Waals surface area contributed by atoms with E-state index in [0.717, 1.165) is 5.92 Å². The van der Waals surface area contributed by atoms with Crippen molar-refractivity contribution in [1.29, 1.82) is 0 Å². The molecule has 0 radical (unpaired) electrons. The summed E-state index contributed by atoms with van der Waals surface area (Å²) in [5, 5.41) is 1.31. The summed E-state index contributed by atoms with van der Waals surface area (Å²) in [6, 6.07) is 1.49. The summed E-state index contributed by atoms with van der Waals surface area (Å²) in [7, 11) is 1.32. The predicted octanol–water partition coefficient (Wildman–Crippen LogP) is 4.97. The second kappa shape index (κ2) is 8.38. The van der Waals surface area contributed by atoms with E-state index in [1.165, 1.54) is 14.3 Å². The molecule has 1 atom stereocenters. The van der Waals surface area contributed by atoms with Gasteiger partial charge in [0.1, 0.15) is 0 Å². The zero-order valence-corrected chi connectivity index (χ0v) is 13.4. The molecule has 0 aliphatic rings. The van der Waals surface area contributed by atoms with Gasteiger partial charge in [-0.1, -0.05) is 15.3 Å². The van der Waals surface area contributed by atoms with Crippen molar-refractivity contribution in [2.24, 2.45) is 5.92 Å². The van der Waals surface area contributed by atoms with Gasteiger partial charge in [0, 0.05) is 5.56 Å². The Balaban J connectivity index is 0.000000763. The van der Waals surface area contributed by atoms with Crippen LogP contribution in [0, 0.1) is 5.92 Å².